The second kappa shape index (κ2) is 5.12. The fraction of sp³-hybridized carbons (Fsp3) is 0.714. The van der Waals surface area contributed by atoms with E-state index in [4.69, 9.17) is 13.1 Å². The van der Waals surface area contributed by atoms with Crippen molar-refractivity contribution in [2.75, 3.05) is 13.1 Å². The molecule has 0 aromatic heterocycles. The molecular weight excluding hydrogens is 112 g/mol. The second-order valence-electron chi connectivity index (χ2n) is 1.96. The van der Waals surface area contributed by atoms with E-state index < -0.39 is 0 Å². The van der Waals surface area contributed by atoms with Gasteiger partial charge >= 0.3 is 0 Å². The highest BCUT2D eigenvalue weighted by Gasteiger charge is 2.10. The summed E-state index contributed by atoms with van der Waals surface area (Å²) in [5, 5.41) is 0. The summed E-state index contributed by atoms with van der Waals surface area (Å²) in [4.78, 5) is 6.46. The van der Waals surface area contributed by atoms with Crippen LogP contribution in [0.2, 0.25) is 0 Å². The lowest BCUT2D eigenvalue weighted by Crippen LogP contribution is -2.04. The summed E-state index contributed by atoms with van der Waals surface area (Å²) in [6.45, 7) is 16.1. The van der Waals surface area contributed by atoms with E-state index in [1.165, 1.54) is 0 Å². The maximum atomic E-state index is 6.54. The van der Waals surface area contributed by atoms with E-state index >= 15 is 0 Å². The fourth-order valence-electron chi connectivity index (χ4n) is 0.574. The molecule has 0 fully saturated rings. The third-order valence-electron chi connectivity index (χ3n) is 1.28. The van der Waals surface area contributed by atoms with Crippen molar-refractivity contribution in [1.82, 2.24) is 0 Å². The van der Waals surface area contributed by atoms with Crippen molar-refractivity contribution in [3.8, 4) is 0 Å². The molecule has 0 saturated carbocycles. The molecule has 0 rings (SSSR count). The predicted octanol–water partition coefficient (Wildman–Crippen LogP) is 1.85. The summed E-state index contributed by atoms with van der Waals surface area (Å²) < 4.78 is 0. The van der Waals surface area contributed by atoms with E-state index in [-0.39, 0.29) is 0 Å². The number of hydrogen-bond acceptors (Lipinski definition) is 0. The molecule has 0 atom stereocenters. The molecule has 0 aliphatic rings. The molecule has 9 heavy (non-hydrogen) atoms. The van der Waals surface area contributed by atoms with Crippen molar-refractivity contribution >= 4 is 0 Å². The second-order valence-corrected chi connectivity index (χ2v) is 1.96. The average molecular weight is 122 g/mol. The zero-order valence-electron chi connectivity index (χ0n) is 5.59. The molecule has 0 aromatic rings. The lowest BCUT2D eigenvalue weighted by molar-refractivity contribution is 0.592. The third kappa shape index (κ3) is 3.55. The predicted molar refractivity (Wildman–Crippen MR) is 36.7 cm³/mol. The molecule has 0 N–H and O–H groups in total. The van der Waals surface area contributed by atoms with Gasteiger partial charge in [0.1, 0.15) is 5.92 Å². The molecule has 0 aliphatic carbocycles. The standard InChI is InChI=1S/C7H10N2/c1-4-7(5-8-2)6-9-3/h7H,4-6H2,1H3. The highest BCUT2D eigenvalue weighted by molar-refractivity contribution is 4.75. The van der Waals surface area contributed by atoms with Crippen LogP contribution >= 0.6 is 0 Å². The molecule has 0 bridgehead atoms. The molecule has 0 aromatic carbocycles. The first kappa shape index (κ1) is 7.98. The van der Waals surface area contributed by atoms with Gasteiger partial charge in [-0.3, -0.25) is 0 Å². The van der Waals surface area contributed by atoms with Crippen molar-refractivity contribution in [1.29, 1.82) is 0 Å². The van der Waals surface area contributed by atoms with Crippen molar-refractivity contribution in [3.63, 3.8) is 0 Å². The summed E-state index contributed by atoms with van der Waals surface area (Å²) in [5.74, 6) is 0.306. The maximum absolute atomic E-state index is 6.54. The first-order chi connectivity index (χ1) is 4.35. The first-order valence-electron chi connectivity index (χ1n) is 3.01. The Bertz CT molecular complexity index is 122. The Morgan fingerprint density at radius 3 is 1.89 bits per heavy atom. The lowest BCUT2D eigenvalue weighted by atomic mass is 10.1. The topological polar surface area (TPSA) is 8.72 Å². The molecule has 0 unspecified atom stereocenters. The fourth-order valence-corrected chi connectivity index (χ4v) is 0.574. The molecule has 2 heteroatoms. The summed E-state index contributed by atoms with van der Waals surface area (Å²) in [6.07, 6.45) is 0.949. The van der Waals surface area contributed by atoms with E-state index in [1.54, 1.807) is 0 Å². The largest absolute Gasteiger partial charge is 0.316 e. The Hall–Kier alpha value is -1.02. The minimum atomic E-state index is 0.306. The number of rotatable bonds is 3. The van der Waals surface area contributed by atoms with Crippen LogP contribution in [0.5, 0.6) is 0 Å². The van der Waals surface area contributed by atoms with Crippen LogP contribution in [-0.2, 0) is 0 Å². The van der Waals surface area contributed by atoms with Gasteiger partial charge in [0.2, 0.25) is 13.1 Å². The van der Waals surface area contributed by atoms with Crippen LogP contribution in [0.3, 0.4) is 0 Å². The zero-order valence-corrected chi connectivity index (χ0v) is 5.59. The van der Waals surface area contributed by atoms with Crippen LogP contribution in [0.25, 0.3) is 9.69 Å². The molecule has 0 spiro atoms. The molecule has 0 heterocycles. The van der Waals surface area contributed by atoms with Crippen molar-refractivity contribution < 1.29 is 0 Å². The van der Waals surface area contributed by atoms with E-state index in [0.29, 0.717) is 19.0 Å². The Labute approximate surface area is 56.1 Å². The number of nitrogens with zero attached hydrogens (tertiary/aromatic N) is 2. The van der Waals surface area contributed by atoms with Crippen LogP contribution < -0.4 is 0 Å². The van der Waals surface area contributed by atoms with Gasteiger partial charge in [0.05, 0.1) is 0 Å². The van der Waals surface area contributed by atoms with Gasteiger partial charge in [0.15, 0.2) is 0 Å². The van der Waals surface area contributed by atoms with Gasteiger partial charge in [0.25, 0.3) is 0 Å². The summed E-state index contributed by atoms with van der Waals surface area (Å²) in [6, 6.07) is 0. The van der Waals surface area contributed by atoms with E-state index in [2.05, 4.69) is 9.69 Å². The molecule has 0 radical (unpaired) electrons. The monoisotopic (exact) mass is 122 g/mol. The normalized spacial score (nSPS) is 8.44. The van der Waals surface area contributed by atoms with Crippen LogP contribution in [0.15, 0.2) is 0 Å². The van der Waals surface area contributed by atoms with Crippen LogP contribution in [0, 0.1) is 19.1 Å². The quantitative estimate of drug-likeness (QED) is 0.505. The van der Waals surface area contributed by atoms with Gasteiger partial charge in [-0.1, -0.05) is 6.92 Å². The Morgan fingerprint density at radius 1 is 1.22 bits per heavy atom. The molecular formula is C7H10N2. The van der Waals surface area contributed by atoms with Gasteiger partial charge in [-0.25, -0.2) is 13.1 Å². The molecule has 48 valence electrons. The number of hydrogen-bond donors (Lipinski definition) is 0. The van der Waals surface area contributed by atoms with Crippen LogP contribution in [-0.4, -0.2) is 13.1 Å². The molecule has 2 nitrogen and oxygen atoms in total. The van der Waals surface area contributed by atoms with Crippen LogP contribution in [0.4, 0.5) is 0 Å². The van der Waals surface area contributed by atoms with Gasteiger partial charge in [-0.15, -0.1) is 0 Å². The average Bonchev–Trinajstić information content (AvgIpc) is 1.88. The summed E-state index contributed by atoms with van der Waals surface area (Å²) in [5.41, 5.74) is 0. The van der Waals surface area contributed by atoms with E-state index in [1.807, 2.05) is 6.92 Å². The molecule has 0 amide bonds. The van der Waals surface area contributed by atoms with Crippen molar-refractivity contribution in [2.24, 2.45) is 5.92 Å². The van der Waals surface area contributed by atoms with Gasteiger partial charge in [-0.05, 0) is 6.42 Å². The minimum absolute atomic E-state index is 0.306. The Balaban J connectivity index is 3.47. The van der Waals surface area contributed by atoms with Crippen LogP contribution in [0.1, 0.15) is 13.3 Å². The van der Waals surface area contributed by atoms with Gasteiger partial charge in [-0.2, -0.15) is 0 Å². The highest BCUT2D eigenvalue weighted by atomic mass is 14.7. The van der Waals surface area contributed by atoms with Gasteiger partial charge < -0.3 is 9.69 Å². The zero-order chi connectivity index (χ0) is 7.11. The third-order valence-corrected chi connectivity index (χ3v) is 1.28. The maximum Gasteiger partial charge on any atom is 0.224 e. The highest BCUT2D eigenvalue weighted by Crippen LogP contribution is 2.02. The lowest BCUT2D eigenvalue weighted by Gasteiger charge is -1.96. The molecule has 0 saturated heterocycles. The minimum Gasteiger partial charge on any atom is -0.316 e. The van der Waals surface area contributed by atoms with E-state index in [9.17, 15) is 0 Å². The van der Waals surface area contributed by atoms with Gasteiger partial charge in [0, 0.05) is 0 Å². The Kier molecular flexibility index (Phi) is 4.54. The SMILES string of the molecule is [C-]#[N+]CC(CC)C[N+]#[C-]. The van der Waals surface area contributed by atoms with E-state index in [0.717, 1.165) is 6.42 Å². The first-order valence-corrected chi connectivity index (χ1v) is 3.01. The summed E-state index contributed by atoms with van der Waals surface area (Å²) >= 11 is 0. The molecule has 0 aliphatic heterocycles. The van der Waals surface area contributed by atoms with Crippen molar-refractivity contribution in [3.05, 3.63) is 22.8 Å². The Morgan fingerprint density at radius 2 is 1.67 bits per heavy atom. The summed E-state index contributed by atoms with van der Waals surface area (Å²) in [7, 11) is 0. The smallest absolute Gasteiger partial charge is 0.224 e. The van der Waals surface area contributed by atoms with Crippen molar-refractivity contribution in [2.45, 2.75) is 13.3 Å².